The van der Waals surface area contributed by atoms with Crippen LogP contribution in [0.1, 0.15) is 0 Å². The van der Waals surface area contributed by atoms with Crippen LogP contribution in [0.5, 0.6) is 0 Å². The highest BCUT2D eigenvalue weighted by atomic mass is 16.2. The summed E-state index contributed by atoms with van der Waals surface area (Å²) in [5.41, 5.74) is 0. The maximum Gasteiger partial charge on any atom is 0.317 e. The first kappa shape index (κ1) is 10.2. The molecule has 0 spiro atoms. The molecule has 84 valence electrons. The van der Waals surface area contributed by atoms with Gasteiger partial charge in [0.05, 0.1) is 12.6 Å². The Morgan fingerprint density at radius 1 is 1.60 bits per heavy atom. The Morgan fingerprint density at radius 2 is 2.40 bits per heavy atom. The third-order valence-electron chi connectivity index (χ3n) is 2.91. The molecule has 2 rings (SSSR count). The zero-order valence-corrected chi connectivity index (χ0v) is 8.82. The highest BCUT2D eigenvalue weighted by Gasteiger charge is 2.36. The summed E-state index contributed by atoms with van der Waals surface area (Å²) in [6.45, 7) is 2.96. The molecule has 2 aliphatic heterocycles. The lowest BCUT2D eigenvalue weighted by Crippen LogP contribution is -2.55. The molecule has 2 heterocycles. The zero-order valence-electron chi connectivity index (χ0n) is 8.82. The van der Waals surface area contributed by atoms with E-state index < -0.39 is 0 Å². The molecule has 15 heavy (non-hydrogen) atoms. The molecule has 0 aromatic heterocycles. The van der Waals surface area contributed by atoms with Crippen LogP contribution < -0.4 is 10.6 Å². The van der Waals surface area contributed by atoms with Gasteiger partial charge in [-0.05, 0) is 7.05 Å². The maximum atomic E-state index is 11.6. The number of hydrogen-bond acceptors (Lipinski definition) is 3. The van der Waals surface area contributed by atoms with Crippen molar-refractivity contribution in [2.24, 2.45) is 0 Å². The van der Waals surface area contributed by atoms with Gasteiger partial charge in [0.1, 0.15) is 0 Å². The topological polar surface area (TPSA) is 64.7 Å². The molecule has 0 aromatic rings. The molecular formula is C9H16N4O2. The fourth-order valence-electron chi connectivity index (χ4n) is 2.09. The maximum absolute atomic E-state index is 11.6. The molecule has 6 nitrogen and oxygen atoms in total. The number of likely N-dealkylation sites (N-methyl/N-ethyl adjacent to an activating group) is 1. The minimum absolute atomic E-state index is 0.000663. The summed E-state index contributed by atoms with van der Waals surface area (Å²) in [7, 11) is 1.76. The number of nitrogens with zero attached hydrogens (tertiary/aromatic N) is 2. The van der Waals surface area contributed by atoms with Gasteiger partial charge in [-0.1, -0.05) is 0 Å². The van der Waals surface area contributed by atoms with E-state index >= 15 is 0 Å². The van der Waals surface area contributed by atoms with Gasteiger partial charge in [0.25, 0.3) is 0 Å². The number of fused-ring (bicyclic) bond motifs is 1. The predicted octanol–water partition coefficient (Wildman–Crippen LogP) is -1.56. The Bertz CT molecular complexity index is 281. The number of nitrogens with one attached hydrogen (secondary N) is 2. The Labute approximate surface area is 88.6 Å². The first-order valence-electron chi connectivity index (χ1n) is 5.19. The molecular weight excluding hydrogens is 196 g/mol. The van der Waals surface area contributed by atoms with Crippen molar-refractivity contribution in [3.05, 3.63) is 0 Å². The summed E-state index contributed by atoms with van der Waals surface area (Å²) >= 11 is 0. The Kier molecular flexibility index (Phi) is 2.77. The van der Waals surface area contributed by atoms with Crippen LogP contribution in [0.25, 0.3) is 0 Å². The average molecular weight is 212 g/mol. The lowest BCUT2D eigenvalue weighted by Gasteiger charge is -2.36. The van der Waals surface area contributed by atoms with Crippen LogP contribution in [-0.2, 0) is 4.79 Å². The molecule has 0 radical (unpaired) electrons. The van der Waals surface area contributed by atoms with Gasteiger partial charge >= 0.3 is 6.03 Å². The van der Waals surface area contributed by atoms with Crippen molar-refractivity contribution in [1.82, 2.24) is 20.4 Å². The van der Waals surface area contributed by atoms with Crippen LogP contribution in [0.4, 0.5) is 4.79 Å². The zero-order chi connectivity index (χ0) is 10.8. The quantitative estimate of drug-likeness (QED) is 0.582. The average Bonchev–Trinajstić information content (AvgIpc) is 2.60. The summed E-state index contributed by atoms with van der Waals surface area (Å²) in [5, 5.41) is 5.63. The first-order valence-corrected chi connectivity index (χ1v) is 5.19. The van der Waals surface area contributed by atoms with Crippen LogP contribution in [-0.4, -0.2) is 67.6 Å². The monoisotopic (exact) mass is 212 g/mol. The summed E-state index contributed by atoms with van der Waals surface area (Å²) in [6.07, 6.45) is 0. The van der Waals surface area contributed by atoms with Gasteiger partial charge in [-0.15, -0.1) is 0 Å². The molecule has 0 saturated carbocycles. The predicted molar refractivity (Wildman–Crippen MR) is 54.4 cm³/mol. The molecule has 1 atom stereocenters. The number of piperazine rings is 1. The summed E-state index contributed by atoms with van der Waals surface area (Å²) < 4.78 is 0. The van der Waals surface area contributed by atoms with Crippen LogP contribution in [0.15, 0.2) is 0 Å². The minimum atomic E-state index is 0.000663. The summed E-state index contributed by atoms with van der Waals surface area (Å²) in [6, 6.07) is 0.160. The Hall–Kier alpha value is -1.30. The summed E-state index contributed by atoms with van der Waals surface area (Å²) in [5.74, 6) is 0.108. The smallest absolute Gasteiger partial charge is 0.317 e. The fraction of sp³-hybridized carbons (Fsp3) is 0.778. The van der Waals surface area contributed by atoms with Gasteiger partial charge in [-0.2, -0.15) is 0 Å². The molecule has 2 aliphatic rings. The molecule has 2 N–H and O–H groups in total. The van der Waals surface area contributed by atoms with Gasteiger partial charge in [0.15, 0.2) is 0 Å². The van der Waals surface area contributed by atoms with Crippen molar-refractivity contribution >= 4 is 11.9 Å². The highest BCUT2D eigenvalue weighted by Crippen LogP contribution is 2.13. The highest BCUT2D eigenvalue weighted by molar-refractivity contribution is 5.80. The van der Waals surface area contributed by atoms with Crippen molar-refractivity contribution in [2.75, 3.05) is 39.8 Å². The fourth-order valence-corrected chi connectivity index (χ4v) is 2.09. The number of urea groups is 1. The van der Waals surface area contributed by atoms with Crippen LogP contribution in [0.3, 0.4) is 0 Å². The van der Waals surface area contributed by atoms with E-state index in [1.807, 2.05) is 9.80 Å². The van der Waals surface area contributed by atoms with E-state index in [0.29, 0.717) is 32.7 Å². The van der Waals surface area contributed by atoms with Crippen molar-refractivity contribution in [1.29, 1.82) is 0 Å². The van der Waals surface area contributed by atoms with E-state index in [1.165, 1.54) is 0 Å². The van der Waals surface area contributed by atoms with E-state index in [4.69, 9.17) is 0 Å². The van der Waals surface area contributed by atoms with Crippen LogP contribution in [0.2, 0.25) is 0 Å². The van der Waals surface area contributed by atoms with Crippen LogP contribution in [0, 0.1) is 0 Å². The SMILES string of the molecule is CNCC(=O)N1CCN2C(=O)NCC2C1. The molecule has 6 heteroatoms. The van der Waals surface area contributed by atoms with E-state index in [1.54, 1.807) is 7.05 Å². The van der Waals surface area contributed by atoms with Gasteiger partial charge < -0.3 is 20.4 Å². The van der Waals surface area contributed by atoms with Gasteiger partial charge in [0.2, 0.25) is 5.91 Å². The molecule has 0 aromatic carbocycles. The molecule has 2 saturated heterocycles. The minimum Gasteiger partial charge on any atom is -0.338 e. The molecule has 0 bridgehead atoms. The summed E-state index contributed by atoms with van der Waals surface area (Å²) in [4.78, 5) is 26.5. The Morgan fingerprint density at radius 3 is 3.13 bits per heavy atom. The van der Waals surface area contributed by atoms with Gasteiger partial charge in [-0.25, -0.2) is 4.79 Å². The second-order valence-corrected chi connectivity index (χ2v) is 3.90. The standard InChI is InChI=1S/C9H16N4O2/c1-10-5-8(14)12-2-3-13-7(6-12)4-11-9(13)15/h7,10H,2-6H2,1H3,(H,11,15). The number of amides is 3. The van der Waals surface area contributed by atoms with Crippen molar-refractivity contribution < 1.29 is 9.59 Å². The third kappa shape index (κ3) is 1.90. The molecule has 0 aliphatic carbocycles. The van der Waals surface area contributed by atoms with Gasteiger partial charge in [0, 0.05) is 26.2 Å². The van der Waals surface area contributed by atoms with Crippen LogP contribution >= 0.6 is 0 Å². The normalized spacial score (nSPS) is 25.1. The number of hydrogen-bond donors (Lipinski definition) is 2. The lowest BCUT2D eigenvalue weighted by atomic mass is 10.2. The van der Waals surface area contributed by atoms with Gasteiger partial charge in [-0.3, -0.25) is 4.79 Å². The van der Waals surface area contributed by atoms with E-state index in [0.717, 1.165) is 0 Å². The molecule has 1 unspecified atom stereocenters. The van der Waals surface area contributed by atoms with Crippen molar-refractivity contribution in [2.45, 2.75) is 6.04 Å². The number of carbonyl (C=O) groups excluding carboxylic acids is 2. The molecule has 2 fully saturated rings. The number of carbonyl (C=O) groups is 2. The van der Waals surface area contributed by atoms with E-state index in [-0.39, 0.29) is 18.0 Å². The Balaban J connectivity index is 1.93. The van der Waals surface area contributed by atoms with E-state index in [2.05, 4.69) is 10.6 Å². The third-order valence-corrected chi connectivity index (χ3v) is 2.91. The van der Waals surface area contributed by atoms with E-state index in [9.17, 15) is 9.59 Å². The lowest BCUT2D eigenvalue weighted by molar-refractivity contribution is -0.132. The van der Waals surface area contributed by atoms with Crippen molar-refractivity contribution in [3.63, 3.8) is 0 Å². The van der Waals surface area contributed by atoms with Crippen molar-refractivity contribution in [3.8, 4) is 0 Å². The second-order valence-electron chi connectivity index (χ2n) is 3.90. The largest absolute Gasteiger partial charge is 0.338 e. The number of rotatable bonds is 2. The second kappa shape index (κ2) is 4.06. The first-order chi connectivity index (χ1) is 7.22. The molecule has 3 amide bonds.